The van der Waals surface area contributed by atoms with E-state index in [1.807, 2.05) is 18.2 Å². The van der Waals surface area contributed by atoms with E-state index in [2.05, 4.69) is 84.9 Å². The molecule has 0 spiro atoms. The van der Waals surface area contributed by atoms with Crippen molar-refractivity contribution < 1.29 is 5.11 Å². The molecule has 0 radical (unpaired) electrons. The van der Waals surface area contributed by atoms with Crippen molar-refractivity contribution in [2.75, 3.05) is 0 Å². The van der Waals surface area contributed by atoms with Gasteiger partial charge in [0.15, 0.2) is 0 Å². The van der Waals surface area contributed by atoms with Crippen LogP contribution < -0.4 is 0 Å². The van der Waals surface area contributed by atoms with Crippen molar-refractivity contribution in [2.24, 2.45) is 0 Å². The number of hydrogen-bond donors (Lipinski definition) is 1. The third kappa shape index (κ3) is 4.83. The van der Waals surface area contributed by atoms with Crippen molar-refractivity contribution in [3.8, 4) is 5.75 Å². The van der Waals surface area contributed by atoms with Crippen molar-refractivity contribution in [3.05, 3.63) is 143 Å². The number of phenolic OH excluding ortho intramolecular Hbond substituents is 1. The Balaban J connectivity index is 1.89. The van der Waals surface area contributed by atoms with E-state index in [1.54, 1.807) is 12.1 Å². The fraction of sp³-hybridized carbons (Fsp3) is 0.0714. The number of allylic oxidation sites excluding steroid dienone is 1. The first-order valence-electron chi connectivity index (χ1n) is 9.94. The van der Waals surface area contributed by atoms with Crippen LogP contribution in [0.4, 0.5) is 0 Å². The molecule has 1 nitrogen and oxygen atoms in total. The van der Waals surface area contributed by atoms with E-state index in [1.165, 1.54) is 27.8 Å². The predicted octanol–water partition coefficient (Wildman–Crippen LogP) is 6.68. The van der Waals surface area contributed by atoms with Crippen LogP contribution in [0.25, 0.3) is 5.57 Å². The second-order valence-electron chi connectivity index (χ2n) is 7.22. The molecule has 0 saturated heterocycles. The van der Waals surface area contributed by atoms with E-state index in [4.69, 9.17) is 0 Å². The smallest absolute Gasteiger partial charge is 0.115 e. The zero-order valence-electron chi connectivity index (χ0n) is 16.3. The van der Waals surface area contributed by atoms with E-state index >= 15 is 0 Å². The molecule has 0 saturated carbocycles. The summed E-state index contributed by atoms with van der Waals surface area (Å²) < 4.78 is 0. The van der Waals surface area contributed by atoms with E-state index < -0.39 is 0 Å². The maximum absolute atomic E-state index is 9.80. The second-order valence-corrected chi connectivity index (χ2v) is 7.22. The Morgan fingerprint density at radius 3 is 1.38 bits per heavy atom. The molecule has 0 aliphatic carbocycles. The first-order chi connectivity index (χ1) is 14.3. The minimum atomic E-state index is 0.286. The third-order valence-corrected chi connectivity index (χ3v) is 5.09. The zero-order valence-corrected chi connectivity index (χ0v) is 16.3. The standard InChI is InChI=1S/C28H24O/c29-27-18-16-25(17-19-27)28(24-14-8-3-9-15-24)26(20-22-10-4-1-5-11-22)21-23-12-6-2-7-13-23/h1-19,29H,20-21H2. The van der Waals surface area contributed by atoms with Gasteiger partial charge in [-0.2, -0.15) is 0 Å². The zero-order chi connectivity index (χ0) is 19.9. The Kier molecular flexibility index (Phi) is 5.87. The van der Waals surface area contributed by atoms with Gasteiger partial charge in [-0.15, -0.1) is 0 Å². The summed E-state index contributed by atoms with van der Waals surface area (Å²) in [7, 11) is 0. The SMILES string of the molecule is Oc1ccc(C(=C(Cc2ccccc2)Cc2ccccc2)c2ccccc2)cc1. The fourth-order valence-electron chi connectivity index (χ4n) is 3.73. The maximum Gasteiger partial charge on any atom is 0.115 e. The van der Waals surface area contributed by atoms with Crippen LogP contribution in [-0.2, 0) is 12.8 Å². The fourth-order valence-corrected chi connectivity index (χ4v) is 3.73. The van der Waals surface area contributed by atoms with Crippen LogP contribution in [0, 0.1) is 0 Å². The van der Waals surface area contributed by atoms with Crippen molar-refractivity contribution in [1.29, 1.82) is 0 Å². The molecule has 0 atom stereocenters. The van der Waals surface area contributed by atoms with Gasteiger partial charge in [0.05, 0.1) is 0 Å². The highest BCUT2D eigenvalue weighted by Gasteiger charge is 2.14. The molecule has 4 aromatic rings. The van der Waals surface area contributed by atoms with Crippen LogP contribution in [-0.4, -0.2) is 5.11 Å². The normalized spacial score (nSPS) is 10.5. The largest absolute Gasteiger partial charge is 0.508 e. The topological polar surface area (TPSA) is 20.2 Å². The summed E-state index contributed by atoms with van der Waals surface area (Å²) in [5.74, 6) is 0.286. The van der Waals surface area contributed by atoms with Crippen LogP contribution in [0.2, 0.25) is 0 Å². The molecule has 0 aliphatic heterocycles. The number of aromatic hydroxyl groups is 1. The third-order valence-electron chi connectivity index (χ3n) is 5.09. The summed E-state index contributed by atoms with van der Waals surface area (Å²) in [4.78, 5) is 0. The number of rotatable bonds is 6. The highest BCUT2D eigenvalue weighted by atomic mass is 16.3. The van der Waals surface area contributed by atoms with Crippen LogP contribution in [0.5, 0.6) is 5.75 Å². The van der Waals surface area contributed by atoms with Crippen molar-refractivity contribution in [2.45, 2.75) is 12.8 Å². The van der Waals surface area contributed by atoms with Gasteiger partial charge in [-0.25, -0.2) is 0 Å². The van der Waals surface area contributed by atoms with Gasteiger partial charge in [0, 0.05) is 0 Å². The van der Waals surface area contributed by atoms with E-state index in [0.717, 1.165) is 18.4 Å². The van der Waals surface area contributed by atoms with Crippen molar-refractivity contribution in [1.82, 2.24) is 0 Å². The van der Waals surface area contributed by atoms with Gasteiger partial charge in [0.1, 0.15) is 5.75 Å². The molecule has 1 N–H and O–H groups in total. The highest BCUT2D eigenvalue weighted by molar-refractivity contribution is 5.83. The molecule has 0 aromatic heterocycles. The summed E-state index contributed by atoms with van der Waals surface area (Å²) in [5, 5.41) is 9.80. The predicted molar refractivity (Wildman–Crippen MR) is 121 cm³/mol. The average molecular weight is 376 g/mol. The maximum atomic E-state index is 9.80. The van der Waals surface area contributed by atoms with E-state index in [0.29, 0.717) is 0 Å². The van der Waals surface area contributed by atoms with E-state index in [9.17, 15) is 5.11 Å². The molecule has 0 heterocycles. The Morgan fingerprint density at radius 1 is 0.483 bits per heavy atom. The quantitative estimate of drug-likeness (QED) is 0.398. The lowest BCUT2D eigenvalue weighted by molar-refractivity contribution is 0.475. The number of benzene rings is 4. The Bertz CT molecular complexity index is 1020. The molecule has 142 valence electrons. The molecular formula is C28H24O. The van der Waals surface area contributed by atoms with Gasteiger partial charge in [0.25, 0.3) is 0 Å². The molecule has 4 rings (SSSR count). The summed E-state index contributed by atoms with van der Waals surface area (Å²) in [6, 6.07) is 39.3. The number of hydrogen-bond acceptors (Lipinski definition) is 1. The molecular weight excluding hydrogens is 352 g/mol. The summed E-state index contributed by atoms with van der Waals surface area (Å²) in [6.45, 7) is 0. The minimum absolute atomic E-state index is 0.286. The average Bonchev–Trinajstić information content (AvgIpc) is 2.77. The monoisotopic (exact) mass is 376 g/mol. The van der Waals surface area contributed by atoms with Gasteiger partial charge in [-0.1, -0.05) is 109 Å². The van der Waals surface area contributed by atoms with Crippen LogP contribution >= 0.6 is 0 Å². The second kappa shape index (κ2) is 9.07. The van der Waals surface area contributed by atoms with Gasteiger partial charge in [-0.3, -0.25) is 0 Å². The van der Waals surface area contributed by atoms with Gasteiger partial charge < -0.3 is 5.11 Å². The van der Waals surface area contributed by atoms with E-state index in [-0.39, 0.29) is 5.75 Å². The Hall–Kier alpha value is -3.58. The molecule has 0 unspecified atom stereocenters. The highest BCUT2D eigenvalue weighted by Crippen LogP contribution is 2.31. The van der Waals surface area contributed by atoms with Crippen molar-refractivity contribution >= 4 is 5.57 Å². The molecule has 0 bridgehead atoms. The van der Waals surface area contributed by atoms with Gasteiger partial charge in [0.2, 0.25) is 0 Å². The van der Waals surface area contributed by atoms with Crippen molar-refractivity contribution in [3.63, 3.8) is 0 Å². The molecule has 0 fully saturated rings. The Morgan fingerprint density at radius 2 is 0.897 bits per heavy atom. The van der Waals surface area contributed by atoms with Crippen LogP contribution in [0.3, 0.4) is 0 Å². The lowest BCUT2D eigenvalue weighted by Gasteiger charge is -2.18. The molecule has 0 aliphatic rings. The van der Waals surface area contributed by atoms with Gasteiger partial charge in [-0.05, 0) is 52.8 Å². The van der Waals surface area contributed by atoms with Crippen LogP contribution in [0.15, 0.2) is 121 Å². The van der Waals surface area contributed by atoms with Crippen LogP contribution in [0.1, 0.15) is 22.3 Å². The molecule has 4 aromatic carbocycles. The number of phenols is 1. The molecule has 29 heavy (non-hydrogen) atoms. The first kappa shape index (κ1) is 18.8. The Labute approximate surface area is 172 Å². The minimum Gasteiger partial charge on any atom is -0.508 e. The molecule has 1 heteroatoms. The first-order valence-corrected chi connectivity index (χ1v) is 9.94. The molecule has 0 amide bonds. The lowest BCUT2D eigenvalue weighted by Crippen LogP contribution is -2.02. The summed E-state index contributed by atoms with van der Waals surface area (Å²) in [5.41, 5.74) is 7.50. The van der Waals surface area contributed by atoms with Gasteiger partial charge >= 0.3 is 0 Å². The lowest BCUT2D eigenvalue weighted by atomic mass is 9.87. The summed E-state index contributed by atoms with van der Waals surface area (Å²) in [6.07, 6.45) is 1.75. The summed E-state index contributed by atoms with van der Waals surface area (Å²) >= 11 is 0.